The van der Waals surface area contributed by atoms with Crippen LogP contribution in [0.1, 0.15) is 60.4 Å². The fourth-order valence-corrected chi connectivity index (χ4v) is 3.96. The summed E-state index contributed by atoms with van der Waals surface area (Å²) in [5, 5.41) is 30.6. The molecule has 3 aromatic rings. The van der Waals surface area contributed by atoms with Crippen LogP contribution in [0.3, 0.4) is 0 Å². The van der Waals surface area contributed by atoms with E-state index in [1.165, 1.54) is 7.11 Å². The van der Waals surface area contributed by atoms with Gasteiger partial charge in [-0.2, -0.15) is 0 Å². The number of hydrogen-bond donors (Lipinski definition) is 3. The predicted molar refractivity (Wildman–Crippen MR) is 120 cm³/mol. The van der Waals surface area contributed by atoms with E-state index in [1.54, 1.807) is 18.2 Å². The molecule has 0 aliphatic rings. The predicted octanol–water partition coefficient (Wildman–Crippen LogP) is 5.90. The van der Waals surface area contributed by atoms with Crippen molar-refractivity contribution >= 4 is 0 Å². The van der Waals surface area contributed by atoms with Crippen LogP contribution in [-0.4, -0.2) is 22.4 Å². The van der Waals surface area contributed by atoms with Crippen molar-refractivity contribution in [3.05, 3.63) is 82.4 Å². The number of aryl methyl sites for hydroxylation is 2. The van der Waals surface area contributed by atoms with Crippen LogP contribution in [0.2, 0.25) is 0 Å². The zero-order chi connectivity index (χ0) is 21.7. The Morgan fingerprint density at radius 2 is 1.10 bits per heavy atom. The second-order valence-corrected chi connectivity index (χ2v) is 7.64. The van der Waals surface area contributed by atoms with E-state index in [1.807, 2.05) is 24.3 Å². The quantitative estimate of drug-likeness (QED) is 0.408. The van der Waals surface area contributed by atoms with Gasteiger partial charge in [-0.3, -0.25) is 0 Å². The maximum absolute atomic E-state index is 10.3. The van der Waals surface area contributed by atoms with Gasteiger partial charge in [-0.25, -0.2) is 0 Å². The summed E-state index contributed by atoms with van der Waals surface area (Å²) >= 11 is 0. The normalized spacial score (nSPS) is 11.1. The third-order valence-electron chi connectivity index (χ3n) is 5.45. The van der Waals surface area contributed by atoms with Crippen molar-refractivity contribution in [3.63, 3.8) is 0 Å². The van der Waals surface area contributed by atoms with Crippen molar-refractivity contribution in [1.29, 1.82) is 0 Å². The smallest absolute Gasteiger partial charge is 0.160 e. The first kappa shape index (κ1) is 21.6. The second-order valence-electron chi connectivity index (χ2n) is 7.64. The third-order valence-corrected chi connectivity index (χ3v) is 5.45. The van der Waals surface area contributed by atoms with Gasteiger partial charge in [-0.05, 0) is 64.9 Å². The number of phenolic OH excluding ortho intramolecular Hbond substituents is 3. The van der Waals surface area contributed by atoms with E-state index in [2.05, 4.69) is 26.0 Å². The fourth-order valence-electron chi connectivity index (χ4n) is 3.96. The Bertz CT molecular complexity index is 954. The van der Waals surface area contributed by atoms with Gasteiger partial charge < -0.3 is 20.1 Å². The summed E-state index contributed by atoms with van der Waals surface area (Å²) < 4.78 is 5.34. The standard InChI is InChI=1S/C26H30O4/c1-4-6-17-14-19(8-11-22(17)27)26(21-10-13-24(29)25(16-21)30-3)20-9-12-23(28)18(15-20)7-5-2/h8-16,26-29H,4-7H2,1-3H3. The molecule has 3 rings (SSSR count). The number of benzene rings is 3. The fraction of sp³-hybridized carbons (Fsp3) is 0.308. The molecule has 0 aliphatic heterocycles. The first-order chi connectivity index (χ1) is 14.5. The molecule has 0 spiro atoms. The van der Waals surface area contributed by atoms with Gasteiger partial charge in [-0.1, -0.05) is 57.0 Å². The minimum Gasteiger partial charge on any atom is -0.508 e. The Morgan fingerprint density at radius 1 is 0.667 bits per heavy atom. The Balaban J connectivity index is 2.20. The second kappa shape index (κ2) is 9.57. The molecule has 30 heavy (non-hydrogen) atoms. The average Bonchev–Trinajstić information content (AvgIpc) is 2.74. The van der Waals surface area contributed by atoms with Gasteiger partial charge in [0, 0.05) is 5.92 Å². The molecule has 4 nitrogen and oxygen atoms in total. The molecule has 4 heteroatoms. The molecule has 0 bridgehead atoms. The van der Waals surface area contributed by atoms with Gasteiger partial charge in [0.15, 0.2) is 11.5 Å². The van der Waals surface area contributed by atoms with Gasteiger partial charge in [0.05, 0.1) is 7.11 Å². The van der Waals surface area contributed by atoms with Crippen molar-refractivity contribution in [2.45, 2.75) is 45.4 Å². The Labute approximate surface area is 178 Å². The molecular weight excluding hydrogens is 376 g/mol. The van der Waals surface area contributed by atoms with Crippen molar-refractivity contribution < 1.29 is 20.1 Å². The summed E-state index contributed by atoms with van der Waals surface area (Å²) in [5.41, 5.74) is 4.87. The van der Waals surface area contributed by atoms with E-state index in [4.69, 9.17) is 4.74 Å². The third kappa shape index (κ3) is 4.54. The van der Waals surface area contributed by atoms with Crippen LogP contribution in [0.5, 0.6) is 23.0 Å². The van der Waals surface area contributed by atoms with Crippen LogP contribution in [0.15, 0.2) is 54.6 Å². The summed E-state index contributed by atoms with van der Waals surface area (Å²) in [5.74, 6) is 0.985. The monoisotopic (exact) mass is 406 g/mol. The van der Waals surface area contributed by atoms with Gasteiger partial charge >= 0.3 is 0 Å². The minimum absolute atomic E-state index is 0.0924. The molecule has 0 saturated heterocycles. The Hall–Kier alpha value is -3.14. The molecule has 0 amide bonds. The number of methoxy groups -OCH3 is 1. The Morgan fingerprint density at radius 3 is 1.53 bits per heavy atom. The molecule has 158 valence electrons. The molecule has 0 aliphatic carbocycles. The highest BCUT2D eigenvalue weighted by Crippen LogP contribution is 2.39. The highest BCUT2D eigenvalue weighted by molar-refractivity contribution is 5.52. The molecule has 0 radical (unpaired) electrons. The van der Waals surface area contributed by atoms with E-state index in [9.17, 15) is 15.3 Å². The van der Waals surface area contributed by atoms with Crippen LogP contribution < -0.4 is 4.74 Å². The highest BCUT2D eigenvalue weighted by Gasteiger charge is 2.21. The number of ether oxygens (including phenoxy) is 1. The van der Waals surface area contributed by atoms with Crippen LogP contribution in [0, 0.1) is 0 Å². The van der Waals surface area contributed by atoms with E-state index in [0.717, 1.165) is 53.5 Å². The maximum Gasteiger partial charge on any atom is 0.160 e. The lowest BCUT2D eigenvalue weighted by Crippen LogP contribution is -2.06. The molecule has 0 unspecified atom stereocenters. The number of aromatic hydroxyl groups is 3. The number of hydrogen-bond acceptors (Lipinski definition) is 4. The summed E-state index contributed by atoms with van der Waals surface area (Å²) in [6.07, 6.45) is 3.47. The topological polar surface area (TPSA) is 69.9 Å². The number of rotatable bonds is 8. The van der Waals surface area contributed by atoms with E-state index < -0.39 is 0 Å². The molecule has 0 fully saturated rings. The van der Waals surface area contributed by atoms with Crippen molar-refractivity contribution in [2.24, 2.45) is 0 Å². The summed E-state index contributed by atoms with van der Waals surface area (Å²) in [7, 11) is 1.54. The summed E-state index contributed by atoms with van der Waals surface area (Å²) in [6, 6.07) is 16.8. The maximum atomic E-state index is 10.3. The highest BCUT2D eigenvalue weighted by atomic mass is 16.5. The van der Waals surface area contributed by atoms with E-state index in [0.29, 0.717) is 17.2 Å². The first-order valence-electron chi connectivity index (χ1n) is 10.5. The Kier molecular flexibility index (Phi) is 6.88. The summed E-state index contributed by atoms with van der Waals surface area (Å²) in [6.45, 7) is 4.18. The average molecular weight is 407 g/mol. The van der Waals surface area contributed by atoms with Crippen LogP contribution in [0.4, 0.5) is 0 Å². The molecular formula is C26H30O4. The number of phenols is 3. The van der Waals surface area contributed by atoms with Gasteiger partial charge in [0.2, 0.25) is 0 Å². The van der Waals surface area contributed by atoms with Gasteiger partial charge in [0.25, 0.3) is 0 Å². The van der Waals surface area contributed by atoms with E-state index >= 15 is 0 Å². The summed E-state index contributed by atoms with van der Waals surface area (Å²) in [4.78, 5) is 0. The zero-order valence-corrected chi connectivity index (χ0v) is 17.9. The molecule has 3 aromatic carbocycles. The molecule has 3 N–H and O–H groups in total. The molecule has 0 saturated carbocycles. The SMILES string of the molecule is CCCc1cc(C(c2ccc(O)c(CCC)c2)c2ccc(O)c(OC)c2)ccc1O. The minimum atomic E-state index is -0.132. The first-order valence-corrected chi connectivity index (χ1v) is 10.5. The molecule has 0 atom stereocenters. The van der Waals surface area contributed by atoms with Crippen LogP contribution in [0.25, 0.3) is 0 Å². The van der Waals surface area contributed by atoms with Gasteiger partial charge in [0.1, 0.15) is 11.5 Å². The lowest BCUT2D eigenvalue weighted by atomic mass is 9.83. The van der Waals surface area contributed by atoms with Crippen LogP contribution in [-0.2, 0) is 12.8 Å². The van der Waals surface area contributed by atoms with Crippen molar-refractivity contribution in [3.8, 4) is 23.0 Å². The zero-order valence-electron chi connectivity index (χ0n) is 17.9. The molecule has 0 heterocycles. The molecule has 0 aromatic heterocycles. The van der Waals surface area contributed by atoms with Gasteiger partial charge in [-0.15, -0.1) is 0 Å². The lowest BCUT2D eigenvalue weighted by molar-refractivity contribution is 0.373. The van der Waals surface area contributed by atoms with E-state index in [-0.39, 0.29) is 11.7 Å². The largest absolute Gasteiger partial charge is 0.508 e. The lowest BCUT2D eigenvalue weighted by Gasteiger charge is -2.22. The van der Waals surface area contributed by atoms with Crippen molar-refractivity contribution in [2.75, 3.05) is 7.11 Å². The van der Waals surface area contributed by atoms with Crippen LogP contribution >= 0.6 is 0 Å². The van der Waals surface area contributed by atoms with Crippen molar-refractivity contribution in [1.82, 2.24) is 0 Å².